The zero-order chi connectivity index (χ0) is 15.7. The Morgan fingerprint density at radius 2 is 2.32 bits per heavy atom. The molecule has 5 nitrogen and oxygen atoms in total. The molecule has 118 valence electrons. The summed E-state index contributed by atoms with van der Waals surface area (Å²) in [4.78, 5) is 6.38. The van der Waals surface area contributed by atoms with Crippen molar-refractivity contribution < 1.29 is 13.7 Å². The Balaban J connectivity index is 1.84. The van der Waals surface area contributed by atoms with Crippen molar-refractivity contribution >= 4 is 11.6 Å². The van der Waals surface area contributed by atoms with Crippen molar-refractivity contribution in [3.63, 3.8) is 0 Å². The molecule has 0 spiro atoms. The molecular weight excluding hydrogens is 309 g/mol. The highest BCUT2D eigenvalue weighted by Crippen LogP contribution is 2.34. The number of methoxy groups -OCH3 is 1. The van der Waals surface area contributed by atoms with E-state index in [0.29, 0.717) is 30.4 Å². The Hall–Kier alpha value is -1.50. The van der Waals surface area contributed by atoms with Crippen LogP contribution in [0.15, 0.2) is 22.7 Å². The molecule has 1 saturated heterocycles. The summed E-state index contributed by atoms with van der Waals surface area (Å²) in [6.45, 7) is 2.86. The van der Waals surface area contributed by atoms with Gasteiger partial charge in [-0.05, 0) is 19.4 Å². The standard InChI is InChI=1S/C15H17ClFN3O2/c1-9-18-15(22-19-9)13-6-11(21-2)8-20(13)7-10-4-3-5-12(16)14(10)17/h3-5,11,13H,6-8H2,1-2H3/t11-,13-/m1/s1. The van der Waals surface area contributed by atoms with Crippen LogP contribution in [0.2, 0.25) is 5.02 Å². The average molecular weight is 326 g/mol. The van der Waals surface area contributed by atoms with Gasteiger partial charge in [0.05, 0.1) is 17.2 Å². The summed E-state index contributed by atoms with van der Waals surface area (Å²) < 4.78 is 24.9. The van der Waals surface area contributed by atoms with Crippen molar-refractivity contribution in [2.24, 2.45) is 0 Å². The second kappa shape index (κ2) is 6.32. The van der Waals surface area contributed by atoms with Gasteiger partial charge in [-0.3, -0.25) is 4.90 Å². The molecule has 2 aromatic rings. The van der Waals surface area contributed by atoms with E-state index in [1.165, 1.54) is 0 Å². The van der Waals surface area contributed by atoms with Crippen LogP contribution in [0.25, 0.3) is 0 Å². The minimum absolute atomic E-state index is 0.0550. The molecule has 2 heterocycles. The maximum atomic E-state index is 14.1. The monoisotopic (exact) mass is 325 g/mol. The molecule has 0 bridgehead atoms. The van der Waals surface area contributed by atoms with Crippen molar-refractivity contribution in [3.8, 4) is 0 Å². The SMILES string of the molecule is CO[C@@H]1C[C@H](c2nc(C)no2)N(Cc2cccc(Cl)c2F)C1. The molecule has 1 aliphatic rings. The molecule has 1 fully saturated rings. The summed E-state index contributed by atoms with van der Waals surface area (Å²) in [5.41, 5.74) is 0.547. The van der Waals surface area contributed by atoms with Crippen LogP contribution in [0.5, 0.6) is 0 Å². The number of ether oxygens (including phenoxy) is 1. The van der Waals surface area contributed by atoms with E-state index in [1.807, 2.05) is 0 Å². The topological polar surface area (TPSA) is 51.4 Å². The fourth-order valence-corrected chi connectivity index (χ4v) is 3.00. The Morgan fingerprint density at radius 3 is 3.00 bits per heavy atom. The van der Waals surface area contributed by atoms with Gasteiger partial charge in [0.25, 0.3) is 0 Å². The largest absolute Gasteiger partial charge is 0.380 e. The zero-order valence-corrected chi connectivity index (χ0v) is 13.2. The van der Waals surface area contributed by atoms with Gasteiger partial charge in [0.2, 0.25) is 5.89 Å². The normalized spacial score (nSPS) is 22.4. The number of aryl methyl sites for hydroxylation is 1. The van der Waals surface area contributed by atoms with Crippen LogP contribution in [0, 0.1) is 12.7 Å². The molecule has 0 saturated carbocycles. The van der Waals surface area contributed by atoms with E-state index in [4.69, 9.17) is 20.9 Å². The van der Waals surface area contributed by atoms with Crippen LogP contribution in [-0.2, 0) is 11.3 Å². The number of halogens is 2. The van der Waals surface area contributed by atoms with Crippen LogP contribution in [0.4, 0.5) is 4.39 Å². The highest BCUT2D eigenvalue weighted by atomic mass is 35.5. The second-order valence-corrected chi connectivity index (χ2v) is 5.84. The molecule has 0 amide bonds. The Bertz CT molecular complexity index is 664. The molecule has 0 radical (unpaired) electrons. The fourth-order valence-electron chi connectivity index (χ4n) is 2.80. The summed E-state index contributed by atoms with van der Waals surface area (Å²) in [7, 11) is 1.67. The first-order valence-electron chi connectivity index (χ1n) is 7.08. The number of benzene rings is 1. The quantitative estimate of drug-likeness (QED) is 0.864. The van der Waals surface area contributed by atoms with Gasteiger partial charge in [0, 0.05) is 25.8 Å². The van der Waals surface area contributed by atoms with Gasteiger partial charge < -0.3 is 9.26 Å². The maximum Gasteiger partial charge on any atom is 0.244 e. The van der Waals surface area contributed by atoms with Crippen LogP contribution in [0.3, 0.4) is 0 Å². The minimum atomic E-state index is -0.384. The number of likely N-dealkylation sites (tertiary alicyclic amines) is 1. The van der Waals surface area contributed by atoms with E-state index in [0.717, 1.165) is 6.42 Å². The van der Waals surface area contributed by atoms with Crippen LogP contribution >= 0.6 is 11.6 Å². The van der Waals surface area contributed by atoms with Gasteiger partial charge >= 0.3 is 0 Å². The number of hydrogen-bond acceptors (Lipinski definition) is 5. The van der Waals surface area contributed by atoms with Crippen LogP contribution in [0.1, 0.15) is 29.7 Å². The summed E-state index contributed by atoms with van der Waals surface area (Å²) >= 11 is 5.85. The summed E-state index contributed by atoms with van der Waals surface area (Å²) in [5.74, 6) is 0.745. The van der Waals surface area contributed by atoms with Gasteiger partial charge in [-0.25, -0.2) is 4.39 Å². The van der Waals surface area contributed by atoms with Crippen molar-refractivity contribution in [1.82, 2.24) is 15.0 Å². The third-order valence-corrected chi connectivity index (χ3v) is 4.22. The first-order valence-corrected chi connectivity index (χ1v) is 7.46. The Kier molecular flexibility index (Phi) is 4.42. The van der Waals surface area contributed by atoms with Crippen LogP contribution in [-0.4, -0.2) is 34.8 Å². The smallest absolute Gasteiger partial charge is 0.244 e. The third kappa shape index (κ3) is 2.99. The molecule has 22 heavy (non-hydrogen) atoms. The first-order chi connectivity index (χ1) is 10.6. The fraction of sp³-hybridized carbons (Fsp3) is 0.467. The predicted molar refractivity (Wildman–Crippen MR) is 79.0 cm³/mol. The molecule has 2 atom stereocenters. The van der Waals surface area contributed by atoms with Crippen LogP contribution < -0.4 is 0 Å². The molecule has 0 aliphatic carbocycles. The van der Waals surface area contributed by atoms with E-state index in [2.05, 4.69) is 15.0 Å². The second-order valence-electron chi connectivity index (χ2n) is 5.43. The van der Waals surface area contributed by atoms with E-state index in [9.17, 15) is 4.39 Å². The molecule has 3 rings (SSSR count). The Labute approximate surface area is 133 Å². The highest BCUT2D eigenvalue weighted by Gasteiger charge is 2.37. The van der Waals surface area contributed by atoms with Gasteiger partial charge in [-0.1, -0.05) is 28.9 Å². The summed E-state index contributed by atoms with van der Waals surface area (Å²) in [6.07, 6.45) is 0.791. The molecule has 0 unspecified atom stereocenters. The molecular formula is C15H17ClFN3O2. The maximum absolute atomic E-state index is 14.1. The van der Waals surface area contributed by atoms with E-state index in [1.54, 1.807) is 32.2 Å². The predicted octanol–water partition coefficient (Wildman–Crippen LogP) is 3.13. The molecule has 7 heteroatoms. The van der Waals surface area contributed by atoms with Crippen molar-refractivity contribution in [3.05, 3.63) is 46.3 Å². The van der Waals surface area contributed by atoms with Gasteiger partial charge in [0.1, 0.15) is 5.82 Å². The van der Waals surface area contributed by atoms with E-state index in [-0.39, 0.29) is 23.0 Å². The summed E-state index contributed by atoms with van der Waals surface area (Å²) in [5, 5.41) is 3.97. The van der Waals surface area contributed by atoms with Crippen molar-refractivity contribution in [2.45, 2.75) is 32.0 Å². The lowest BCUT2D eigenvalue weighted by Crippen LogP contribution is -2.25. The third-order valence-electron chi connectivity index (χ3n) is 3.93. The number of rotatable bonds is 4. The molecule has 0 N–H and O–H groups in total. The lowest BCUT2D eigenvalue weighted by atomic mass is 10.1. The highest BCUT2D eigenvalue weighted by molar-refractivity contribution is 6.30. The first kappa shape index (κ1) is 15.4. The molecule has 1 aromatic carbocycles. The number of nitrogens with zero attached hydrogens (tertiary/aromatic N) is 3. The minimum Gasteiger partial charge on any atom is -0.380 e. The van der Waals surface area contributed by atoms with Gasteiger partial charge in [0.15, 0.2) is 5.82 Å². The molecule has 1 aromatic heterocycles. The molecule has 1 aliphatic heterocycles. The summed E-state index contributed by atoms with van der Waals surface area (Å²) in [6, 6.07) is 4.94. The van der Waals surface area contributed by atoms with Crippen molar-refractivity contribution in [1.29, 1.82) is 0 Å². The number of aromatic nitrogens is 2. The lowest BCUT2D eigenvalue weighted by Gasteiger charge is -2.21. The average Bonchev–Trinajstić information content (AvgIpc) is 3.10. The van der Waals surface area contributed by atoms with E-state index < -0.39 is 0 Å². The lowest BCUT2D eigenvalue weighted by molar-refractivity contribution is 0.107. The zero-order valence-electron chi connectivity index (χ0n) is 12.4. The van der Waals surface area contributed by atoms with E-state index >= 15 is 0 Å². The number of hydrogen-bond donors (Lipinski definition) is 0. The Morgan fingerprint density at radius 1 is 1.50 bits per heavy atom. The van der Waals surface area contributed by atoms with Crippen molar-refractivity contribution in [2.75, 3.05) is 13.7 Å². The van der Waals surface area contributed by atoms with Gasteiger partial charge in [-0.15, -0.1) is 0 Å². The van der Waals surface area contributed by atoms with Gasteiger partial charge in [-0.2, -0.15) is 4.98 Å².